The monoisotopic (exact) mass is 499 g/mol. The van der Waals surface area contributed by atoms with Crippen molar-refractivity contribution < 1.29 is 22.0 Å². The Morgan fingerprint density at radius 1 is 0.943 bits per heavy atom. The molecular weight excluding hydrogens is 472 g/mol. The molecule has 1 saturated heterocycles. The highest BCUT2D eigenvalue weighted by Crippen LogP contribution is 2.22. The zero-order chi connectivity index (χ0) is 25.0. The van der Waals surface area contributed by atoms with Crippen LogP contribution in [0.4, 0.5) is 14.5 Å². The summed E-state index contributed by atoms with van der Waals surface area (Å²) in [5, 5.41) is 0. The number of amides is 1. The van der Waals surface area contributed by atoms with Crippen LogP contribution in [0.1, 0.15) is 27.9 Å². The number of anilines is 1. The molecule has 0 saturated carbocycles. The molecule has 4 rings (SSSR count). The van der Waals surface area contributed by atoms with E-state index in [0.717, 1.165) is 18.5 Å². The molecule has 3 aromatic rings. The van der Waals surface area contributed by atoms with Crippen molar-refractivity contribution in [1.29, 1.82) is 0 Å². The minimum atomic E-state index is -4.09. The van der Waals surface area contributed by atoms with Crippen LogP contribution >= 0.6 is 0 Å². The topological polar surface area (TPSA) is 69.7 Å². The van der Waals surface area contributed by atoms with Crippen LogP contribution in [0.5, 0.6) is 0 Å². The van der Waals surface area contributed by atoms with Crippen LogP contribution in [0, 0.1) is 18.6 Å². The molecule has 1 amide bonds. The number of carbonyl (C=O) groups excluding carboxylic acids is 1. The highest BCUT2D eigenvalue weighted by molar-refractivity contribution is 7.92. The number of rotatable bonds is 6. The number of nitrogens with zero attached hydrogens (tertiary/aromatic N) is 2. The number of para-hydroxylation sites is 1. The summed E-state index contributed by atoms with van der Waals surface area (Å²) in [7, 11) is -4.09. The smallest absolute Gasteiger partial charge is 0.262 e. The van der Waals surface area contributed by atoms with Crippen LogP contribution in [0.25, 0.3) is 0 Å². The summed E-state index contributed by atoms with van der Waals surface area (Å²) < 4.78 is 55.1. The van der Waals surface area contributed by atoms with Crippen LogP contribution < -0.4 is 4.72 Å². The fraction of sp³-hybridized carbons (Fsp3) is 0.269. The zero-order valence-electron chi connectivity index (χ0n) is 19.4. The van der Waals surface area contributed by atoms with Crippen LogP contribution in [0.3, 0.4) is 0 Å². The SMILES string of the molecule is Cc1ccc(S(=O)(=O)Nc2ccccc2F)cc1C(=O)N1CCCN(Cc2ccc(F)cc2)CC1. The summed E-state index contributed by atoms with van der Waals surface area (Å²) in [6.45, 7) is 4.89. The molecular formula is C26H27F2N3O3S. The van der Waals surface area contributed by atoms with Gasteiger partial charge in [-0.15, -0.1) is 0 Å². The van der Waals surface area contributed by atoms with Crippen molar-refractivity contribution in [2.75, 3.05) is 30.9 Å². The third-order valence-electron chi connectivity index (χ3n) is 6.06. The van der Waals surface area contributed by atoms with Gasteiger partial charge in [-0.2, -0.15) is 0 Å². The molecule has 9 heteroatoms. The second-order valence-electron chi connectivity index (χ2n) is 8.61. The lowest BCUT2D eigenvalue weighted by Crippen LogP contribution is -2.35. The molecule has 1 N–H and O–H groups in total. The Kier molecular flexibility index (Phi) is 7.47. The van der Waals surface area contributed by atoms with Crippen LogP contribution in [0.2, 0.25) is 0 Å². The lowest BCUT2D eigenvalue weighted by atomic mass is 10.1. The van der Waals surface area contributed by atoms with Crippen molar-refractivity contribution in [3.05, 3.63) is 95.1 Å². The number of hydrogen-bond donors (Lipinski definition) is 1. The van der Waals surface area contributed by atoms with Gasteiger partial charge >= 0.3 is 0 Å². The van der Waals surface area contributed by atoms with Gasteiger partial charge in [-0.05, 0) is 60.9 Å². The molecule has 1 heterocycles. The van der Waals surface area contributed by atoms with E-state index in [9.17, 15) is 22.0 Å². The normalized spacial score (nSPS) is 15.0. The van der Waals surface area contributed by atoms with Crippen molar-refractivity contribution in [3.8, 4) is 0 Å². The van der Waals surface area contributed by atoms with Gasteiger partial charge in [0.25, 0.3) is 15.9 Å². The summed E-state index contributed by atoms with van der Waals surface area (Å²) >= 11 is 0. The Hall–Kier alpha value is -3.30. The molecule has 1 aliphatic heterocycles. The zero-order valence-corrected chi connectivity index (χ0v) is 20.2. The Morgan fingerprint density at radius 2 is 1.69 bits per heavy atom. The van der Waals surface area contributed by atoms with E-state index in [-0.39, 0.29) is 22.3 Å². The maximum atomic E-state index is 14.0. The summed E-state index contributed by atoms with van der Waals surface area (Å²) in [5.74, 6) is -1.20. The Bertz CT molecular complexity index is 1310. The molecule has 0 spiro atoms. The van der Waals surface area contributed by atoms with Crippen molar-refractivity contribution in [2.45, 2.75) is 24.8 Å². The second-order valence-corrected chi connectivity index (χ2v) is 10.3. The molecule has 0 aliphatic carbocycles. The fourth-order valence-corrected chi connectivity index (χ4v) is 5.19. The summed E-state index contributed by atoms with van der Waals surface area (Å²) in [6, 6.07) is 16.2. The van der Waals surface area contributed by atoms with E-state index in [1.165, 1.54) is 48.5 Å². The highest BCUT2D eigenvalue weighted by Gasteiger charge is 2.24. The first kappa shape index (κ1) is 24.8. The average molecular weight is 500 g/mol. The number of benzene rings is 3. The minimum Gasteiger partial charge on any atom is -0.337 e. The number of sulfonamides is 1. The minimum absolute atomic E-state index is 0.109. The maximum absolute atomic E-state index is 14.0. The quantitative estimate of drug-likeness (QED) is 0.545. The predicted octanol–water partition coefficient (Wildman–Crippen LogP) is 4.42. The largest absolute Gasteiger partial charge is 0.337 e. The van der Waals surface area contributed by atoms with Gasteiger partial charge < -0.3 is 4.90 Å². The van der Waals surface area contributed by atoms with Gasteiger partial charge in [0.2, 0.25) is 0 Å². The lowest BCUT2D eigenvalue weighted by molar-refractivity contribution is 0.0760. The van der Waals surface area contributed by atoms with Crippen LogP contribution in [-0.4, -0.2) is 50.3 Å². The van der Waals surface area contributed by atoms with E-state index < -0.39 is 15.8 Å². The molecule has 184 valence electrons. The van der Waals surface area contributed by atoms with Gasteiger partial charge in [0.05, 0.1) is 10.6 Å². The fourth-order valence-electron chi connectivity index (χ4n) is 4.10. The second kappa shape index (κ2) is 10.5. The molecule has 0 unspecified atom stereocenters. The van der Waals surface area contributed by atoms with Gasteiger partial charge in [-0.1, -0.05) is 30.3 Å². The molecule has 0 radical (unpaired) electrons. The van der Waals surface area contributed by atoms with Crippen molar-refractivity contribution in [2.24, 2.45) is 0 Å². The Balaban J connectivity index is 1.47. The molecule has 0 atom stereocenters. The summed E-state index contributed by atoms with van der Waals surface area (Å²) in [6.07, 6.45) is 0.763. The molecule has 1 fully saturated rings. The molecule has 6 nitrogen and oxygen atoms in total. The van der Waals surface area contributed by atoms with Gasteiger partial charge in [0.1, 0.15) is 11.6 Å². The van der Waals surface area contributed by atoms with Gasteiger partial charge in [0.15, 0.2) is 0 Å². The predicted molar refractivity (Wildman–Crippen MR) is 131 cm³/mol. The molecule has 3 aromatic carbocycles. The third-order valence-corrected chi connectivity index (χ3v) is 7.43. The first-order valence-corrected chi connectivity index (χ1v) is 12.9. The third kappa shape index (κ3) is 6.04. The first-order chi connectivity index (χ1) is 16.7. The number of hydrogen-bond acceptors (Lipinski definition) is 4. The molecule has 1 aliphatic rings. The number of halogens is 2. The lowest BCUT2D eigenvalue weighted by Gasteiger charge is -2.23. The van der Waals surface area contributed by atoms with Crippen molar-refractivity contribution in [3.63, 3.8) is 0 Å². The maximum Gasteiger partial charge on any atom is 0.262 e. The van der Waals surface area contributed by atoms with Crippen LogP contribution in [-0.2, 0) is 16.6 Å². The average Bonchev–Trinajstić information content (AvgIpc) is 3.07. The number of aryl methyl sites for hydroxylation is 1. The molecule has 0 aromatic heterocycles. The molecule has 0 bridgehead atoms. The summed E-state index contributed by atoms with van der Waals surface area (Å²) in [4.78, 5) is 17.2. The number of nitrogens with one attached hydrogen (secondary N) is 1. The van der Waals surface area contributed by atoms with E-state index in [1.54, 1.807) is 30.0 Å². The van der Waals surface area contributed by atoms with Crippen LogP contribution in [0.15, 0.2) is 71.6 Å². The molecule has 35 heavy (non-hydrogen) atoms. The van der Waals surface area contributed by atoms with E-state index in [2.05, 4.69) is 9.62 Å². The summed E-state index contributed by atoms with van der Waals surface area (Å²) in [5.41, 5.74) is 1.80. The van der Waals surface area contributed by atoms with E-state index in [1.807, 2.05) is 0 Å². The van der Waals surface area contributed by atoms with Crippen molar-refractivity contribution in [1.82, 2.24) is 9.80 Å². The standard InChI is InChI=1S/C26H27F2N3O3S/c1-19-7-12-22(35(33,34)29-25-6-3-2-5-24(25)28)17-23(19)26(32)31-14-4-13-30(15-16-31)18-20-8-10-21(27)11-9-20/h2-3,5-12,17,29H,4,13-16,18H2,1H3. The van der Waals surface area contributed by atoms with E-state index in [4.69, 9.17) is 0 Å². The van der Waals surface area contributed by atoms with E-state index in [0.29, 0.717) is 37.3 Å². The van der Waals surface area contributed by atoms with Gasteiger partial charge in [-0.3, -0.25) is 14.4 Å². The number of carbonyl (C=O) groups is 1. The Morgan fingerprint density at radius 3 is 2.43 bits per heavy atom. The highest BCUT2D eigenvalue weighted by atomic mass is 32.2. The van der Waals surface area contributed by atoms with Gasteiger partial charge in [0, 0.05) is 38.3 Å². The van der Waals surface area contributed by atoms with E-state index >= 15 is 0 Å². The van der Waals surface area contributed by atoms with Crippen molar-refractivity contribution >= 4 is 21.6 Å². The Labute approximate surface area is 204 Å². The van der Waals surface area contributed by atoms with Gasteiger partial charge in [-0.25, -0.2) is 17.2 Å². The first-order valence-electron chi connectivity index (χ1n) is 11.4.